The highest BCUT2D eigenvalue weighted by Crippen LogP contribution is 2.12. The number of carbonyl (C=O) groups excluding carboxylic acids is 2. The molecule has 0 saturated heterocycles. The second-order valence-electron chi connectivity index (χ2n) is 3.37. The van der Waals surface area contributed by atoms with E-state index in [2.05, 4.69) is 0 Å². The minimum atomic E-state index is -0.948. The van der Waals surface area contributed by atoms with E-state index in [1.165, 1.54) is 11.9 Å². The van der Waals surface area contributed by atoms with Crippen LogP contribution in [-0.2, 0) is 16.1 Å². The zero-order valence-electron chi connectivity index (χ0n) is 9.27. The lowest BCUT2D eigenvalue weighted by molar-refractivity contribution is -0.143. The Morgan fingerprint density at radius 3 is 2.31 bits per heavy atom. The molecule has 1 aromatic carbocycles. The third-order valence-electron chi connectivity index (χ3n) is 2.14. The van der Waals surface area contributed by atoms with Crippen molar-refractivity contribution in [3.63, 3.8) is 0 Å². The van der Waals surface area contributed by atoms with Crippen LogP contribution in [0.5, 0.6) is 5.75 Å². The normalized spacial score (nSPS) is 9.62. The third-order valence-corrected chi connectivity index (χ3v) is 2.14. The number of carbonyl (C=O) groups is 2. The van der Waals surface area contributed by atoms with Crippen molar-refractivity contribution in [3.8, 4) is 5.75 Å². The highest BCUT2D eigenvalue weighted by molar-refractivity contribution is 6.34. The number of benzene rings is 1. The molecule has 0 aliphatic rings. The summed E-state index contributed by atoms with van der Waals surface area (Å²) in [5, 5.41) is 0. The summed E-state index contributed by atoms with van der Waals surface area (Å²) < 4.78 is 5.01. The molecule has 16 heavy (non-hydrogen) atoms. The number of rotatable bonds is 3. The van der Waals surface area contributed by atoms with Gasteiger partial charge in [0.05, 0.1) is 7.11 Å². The Balaban J connectivity index is 2.66. The summed E-state index contributed by atoms with van der Waals surface area (Å²) in [6.07, 6.45) is 0. The average Bonchev–Trinajstić information content (AvgIpc) is 2.28. The fourth-order valence-electron chi connectivity index (χ4n) is 1.26. The molecule has 2 N–H and O–H groups in total. The molecule has 1 aromatic rings. The second kappa shape index (κ2) is 5.16. The van der Waals surface area contributed by atoms with E-state index >= 15 is 0 Å². The van der Waals surface area contributed by atoms with Gasteiger partial charge in [-0.25, -0.2) is 0 Å². The molecule has 0 saturated carbocycles. The van der Waals surface area contributed by atoms with Crippen molar-refractivity contribution in [2.24, 2.45) is 5.73 Å². The second-order valence-corrected chi connectivity index (χ2v) is 3.37. The van der Waals surface area contributed by atoms with E-state index in [0.29, 0.717) is 6.54 Å². The largest absolute Gasteiger partial charge is 0.497 e. The molecule has 0 radical (unpaired) electrons. The van der Waals surface area contributed by atoms with Gasteiger partial charge in [0, 0.05) is 13.6 Å². The lowest BCUT2D eigenvalue weighted by Crippen LogP contribution is -2.37. The Morgan fingerprint density at radius 2 is 1.88 bits per heavy atom. The quantitative estimate of drug-likeness (QED) is 0.739. The first-order chi connectivity index (χ1) is 7.54. The molecule has 0 aromatic heterocycles. The highest BCUT2D eigenvalue weighted by Gasteiger charge is 2.14. The van der Waals surface area contributed by atoms with Crippen LogP contribution in [0.25, 0.3) is 0 Å². The maximum atomic E-state index is 11.2. The first kappa shape index (κ1) is 12.0. The number of hydrogen-bond donors (Lipinski definition) is 1. The number of ether oxygens (including phenoxy) is 1. The number of hydrogen-bond acceptors (Lipinski definition) is 3. The molecule has 1 rings (SSSR count). The minimum absolute atomic E-state index is 0.339. The Hall–Kier alpha value is -2.04. The molecule has 0 fully saturated rings. The summed E-state index contributed by atoms with van der Waals surface area (Å²) >= 11 is 0. The zero-order valence-corrected chi connectivity index (χ0v) is 9.27. The van der Waals surface area contributed by atoms with Crippen molar-refractivity contribution in [2.75, 3.05) is 14.2 Å². The Kier molecular flexibility index (Phi) is 3.88. The topological polar surface area (TPSA) is 72.6 Å². The van der Waals surface area contributed by atoms with Crippen LogP contribution in [-0.4, -0.2) is 30.9 Å². The summed E-state index contributed by atoms with van der Waals surface area (Å²) in [4.78, 5) is 23.1. The smallest absolute Gasteiger partial charge is 0.311 e. The molecule has 0 heterocycles. The summed E-state index contributed by atoms with van der Waals surface area (Å²) in [5.41, 5.74) is 5.79. The summed E-state index contributed by atoms with van der Waals surface area (Å²) in [6, 6.07) is 7.23. The van der Waals surface area contributed by atoms with Crippen LogP contribution in [0.2, 0.25) is 0 Å². The predicted molar refractivity (Wildman–Crippen MR) is 58.7 cm³/mol. The van der Waals surface area contributed by atoms with Crippen LogP contribution < -0.4 is 10.5 Å². The fraction of sp³-hybridized carbons (Fsp3) is 0.273. The maximum Gasteiger partial charge on any atom is 0.311 e. The number of nitrogens with two attached hydrogens (primary N) is 1. The summed E-state index contributed by atoms with van der Waals surface area (Å²) in [6.45, 7) is 0.339. The first-order valence-electron chi connectivity index (χ1n) is 4.72. The first-order valence-corrected chi connectivity index (χ1v) is 4.72. The highest BCUT2D eigenvalue weighted by atomic mass is 16.5. The van der Waals surface area contributed by atoms with Crippen molar-refractivity contribution >= 4 is 11.8 Å². The Bertz CT molecular complexity index is 387. The number of primary amides is 1. The molecule has 0 spiro atoms. The van der Waals surface area contributed by atoms with Gasteiger partial charge < -0.3 is 15.4 Å². The van der Waals surface area contributed by atoms with E-state index in [9.17, 15) is 9.59 Å². The molecule has 5 nitrogen and oxygen atoms in total. The van der Waals surface area contributed by atoms with Gasteiger partial charge in [-0.15, -0.1) is 0 Å². The van der Waals surface area contributed by atoms with Gasteiger partial charge in [0.1, 0.15) is 5.75 Å². The van der Waals surface area contributed by atoms with E-state index in [1.807, 2.05) is 12.1 Å². The van der Waals surface area contributed by atoms with E-state index < -0.39 is 11.8 Å². The molecular formula is C11H14N2O3. The van der Waals surface area contributed by atoms with Crippen LogP contribution in [0.4, 0.5) is 0 Å². The van der Waals surface area contributed by atoms with Gasteiger partial charge in [-0.3, -0.25) is 9.59 Å². The minimum Gasteiger partial charge on any atom is -0.497 e. The Labute approximate surface area is 93.8 Å². The van der Waals surface area contributed by atoms with Crippen LogP contribution >= 0.6 is 0 Å². The van der Waals surface area contributed by atoms with Gasteiger partial charge in [-0.2, -0.15) is 0 Å². The third kappa shape index (κ3) is 2.98. The van der Waals surface area contributed by atoms with E-state index in [0.717, 1.165) is 11.3 Å². The SMILES string of the molecule is COc1ccc(CN(C)C(=O)C(N)=O)cc1. The van der Waals surface area contributed by atoms with Crippen molar-refractivity contribution in [1.29, 1.82) is 0 Å². The van der Waals surface area contributed by atoms with E-state index in [-0.39, 0.29) is 0 Å². The number of likely N-dealkylation sites (N-methyl/N-ethyl adjacent to an activating group) is 1. The molecule has 0 aliphatic carbocycles. The maximum absolute atomic E-state index is 11.2. The van der Waals surface area contributed by atoms with Crippen molar-refractivity contribution in [2.45, 2.75) is 6.54 Å². The average molecular weight is 222 g/mol. The van der Waals surface area contributed by atoms with Gasteiger partial charge >= 0.3 is 11.8 Å². The predicted octanol–water partition coefficient (Wildman–Crippen LogP) is 0.139. The molecule has 86 valence electrons. The molecule has 0 bridgehead atoms. The molecular weight excluding hydrogens is 208 g/mol. The monoisotopic (exact) mass is 222 g/mol. The van der Waals surface area contributed by atoms with Crippen LogP contribution in [0, 0.1) is 0 Å². The Morgan fingerprint density at radius 1 is 1.31 bits per heavy atom. The van der Waals surface area contributed by atoms with E-state index in [1.54, 1.807) is 19.2 Å². The van der Waals surface area contributed by atoms with Gasteiger partial charge in [-0.05, 0) is 17.7 Å². The van der Waals surface area contributed by atoms with Crippen molar-refractivity contribution < 1.29 is 14.3 Å². The van der Waals surface area contributed by atoms with Crippen molar-refractivity contribution in [1.82, 2.24) is 4.90 Å². The van der Waals surface area contributed by atoms with E-state index in [4.69, 9.17) is 10.5 Å². The standard InChI is InChI=1S/C11H14N2O3/c1-13(11(15)10(12)14)7-8-3-5-9(16-2)6-4-8/h3-6H,7H2,1-2H3,(H2,12,14). The number of methoxy groups -OCH3 is 1. The van der Waals surface area contributed by atoms with Gasteiger partial charge in [0.25, 0.3) is 0 Å². The lowest BCUT2D eigenvalue weighted by Gasteiger charge is -2.15. The van der Waals surface area contributed by atoms with Crippen LogP contribution in [0.15, 0.2) is 24.3 Å². The lowest BCUT2D eigenvalue weighted by atomic mass is 10.2. The zero-order chi connectivity index (χ0) is 12.1. The molecule has 5 heteroatoms. The molecule has 0 atom stereocenters. The van der Waals surface area contributed by atoms with Gasteiger partial charge in [-0.1, -0.05) is 12.1 Å². The van der Waals surface area contributed by atoms with Crippen LogP contribution in [0.3, 0.4) is 0 Å². The van der Waals surface area contributed by atoms with Gasteiger partial charge in [0.2, 0.25) is 0 Å². The number of amides is 2. The van der Waals surface area contributed by atoms with Gasteiger partial charge in [0.15, 0.2) is 0 Å². The van der Waals surface area contributed by atoms with Crippen LogP contribution in [0.1, 0.15) is 5.56 Å². The molecule has 0 aliphatic heterocycles. The molecule has 0 unspecified atom stereocenters. The van der Waals surface area contributed by atoms with Crippen molar-refractivity contribution in [3.05, 3.63) is 29.8 Å². The fourth-order valence-corrected chi connectivity index (χ4v) is 1.26. The number of nitrogens with zero attached hydrogens (tertiary/aromatic N) is 1. The summed E-state index contributed by atoms with van der Waals surface area (Å²) in [5.74, 6) is -0.903. The summed E-state index contributed by atoms with van der Waals surface area (Å²) in [7, 11) is 3.11. The molecule has 2 amide bonds.